The van der Waals surface area contributed by atoms with Crippen LogP contribution in [0.25, 0.3) is 0 Å². The number of hydrogen-bond acceptors (Lipinski definition) is 5. The van der Waals surface area contributed by atoms with Gasteiger partial charge in [0.1, 0.15) is 0 Å². The van der Waals surface area contributed by atoms with Crippen molar-refractivity contribution in [2.75, 3.05) is 18.0 Å². The molecule has 8 heteroatoms. The van der Waals surface area contributed by atoms with Crippen LogP contribution in [-0.4, -0.2) is 35.9 Å². The van der Waals surface area contributed by atoms with Gasteiger partial charge in [-0.1, -0.05) is 6.92 Å². The van der Waals surface area contributed by atoms with E-state index in [1.54, 1.807) is 6.07 Å². The number of nitrogens with two attached hydrogens (primary N) is 1. The van der Waals surface area contributed by atoms with E-state index in [0.717, 1.165) is 19.3 Å². The molecule has 0 spiro atoms. The summed E-state index contributed by atoms with van der Waals surface area (Å²) in [7, 11) is 0. The molecule has 1 atom stereocenters. The molecular weight excluding hydrogens is 312 g/mol. The topological polar surface area (TPSA) is 119 Å². The van der Waals surface area contributed by atoms with Gasteiger partial charge in [-0.25, -0.2) is 0 Å². The second-order valence-corrected chi connectivity index (χ2v) is 5.93. The first-order valence-electron chi connectivity index (χ1n) is 8.05. The summed E-state index contributed by atoms with van der Waals surface area (Å²) in [4.78, 5) is 35.7. The van der Waals surface area contributed by atoms with Gasteiger partial charge >= 0.3 is 0 Å². The third kappa shape index (κ3) is 4.21. The normalized spacial score (nSPS) is 17.4. The van der Waals surface area contributed by atoms with Crippen LogP contribution in [0, 0.1) is 10.1 Å². The Hall–Kier alpha value is -2.64. The van der Waals surface area contributed by atoms with E-state index in [2.05, 4.69) is 5.32 Å². The summed E-state index contributed by atoms with van der Waals surface area (Å²) >= 11 is 0. The maximum atomic E-state index is 11.8. The van der Waals surface area contributed by atoms with Gasteiger partial charge in [0.25, 0.3) is 11.6 Å². The van der Waals surface area contributed by atoms with Crippen molar-refractivity contribution in [3.05, 3.63) is 33.9 Å². The van der Waals surface area contributed by atoms with Crippen molar-refractivity contribution in [3.63, 3.8) is 0 Å². The molecule has 0 aliphatic carbocycles. The van der Waals surface area contributed by atoms with Crippen molar-refractivity contribution in [1.82, 2.24) is 5.32 Å². The number of piperidine rings is 1. The van der Waals surface area contributed by atoms with Gasteiger partial charge in [0.2, 0.25) is 5.91 Å². The molecule has 2 amide bonds. The van der Waals surface area contributed by atoms with E-state index in [-0.39, 0.29) is 23.2 Å². The van der Waals surface area contributed by atoms with E-state index < -0.39 is 10.8 Å². The van der Waals surface area contributed by atoms with Crippen LogP contribution in [0.5, 0.6) is 0 Å². The Morgan fingerprint density at radius 2 is 2.21 bits per heavy atom. The first-order chi connectivity index (χ1) is 11.4. The standard InChI is InChI=1S/C16H22N4O4/c1-2-4-15(21)18-11-5-3-8-19(10-11)14-7-6-12(20(23)24)9-13(14)16(17)22/h6-7,9,11H,2-5,8,10H2,1H3,(H2,17,22)(H,18,21). The van der Waals surface area contributed by atoms with Crippen LogP contribution in [-0.2, 0) is 4.79 Å². The first-order valence-corrected chi connectivity index (χ1v) is 8.05. The fourth-order valence-corrected chi connectivity index (χ4v) is 2.95. The lowest BCUT2D eigenvalue weighted by Crippen LogP contribution is -2.48. The van der Waals surface area contributed by atoms with Gasteiger partial charge in [0.05, 0.1) is 16.2 Å². The molecule has 0 saturated carbocycles. The lowest BCUT2D eigenvalue weighted by Gasteiger charge is -2.35. The molecular formula is C16H22N4O4. The summed E-state index contributed by atoms with van der Waals surface area (Å²) in [5, 5.41) is 13.9. The minimum Gasteiger partial charge on any atom is -0.369 e. The van der Waals surface area contributed by atoms with Crippen molar-refractivity contribution in [2.45, 2.75) is 38.6 Å². The molecule has 1 unspecified atom stereocenters. The Morgan fingerprint density at radius 1 is 1.46 bits per heavy atom. The van der Waals surface area contributed by atoms with Crippen molar-refractivity contribution in [2.24, 2.45) is 5.73 Å². The molecule has 1 fully saturated rings. The molecule has 1 aromatic carbocycles. The second kappa shape index (κ2) is 7.76. The number of amides is 2. The van der Waals surface area contributed by atoms with Gasteiger partial charge in [-0.15, -0.1) is 0 Å². The first kappa shape index (κ1) is 17.7. The van der Waals surface area contributed by atoms with Crippen LogP contribution < -0.4 is 16.0 Å². The number of non-ortho nitro benzene ring substituents is 1. The fraction of sp³-hybridized carbons (Fsp3) is 0.500. The number of primary amides is 1. The predicted octanol–water partition coefficient (Wildman–Crippen LogP) is 1.58. The molecule has 1 aliphatic rings. The predicted molar refractivity (Wildman–Crippen MR) is 89.9 cm³/mol. The van der Waals surface area contributed by atoms with E-state index in [0.29, 0.717) is 25.2 Å². The highest BCUT2D eigenvalue weighted by Crippen LogP contribution is 2.27. The van der Waals surface area contributed by atoms with Crippen LogP contribution in [0.4, 0.5) is 11.4 Å². The maximum absolute atomic E-state index is 11.8. The van der Waals surface area contributed by atoms with E-state index in [1.165, 1.54) is 12.1 Å². The summed E-state index contributed by atoms with van der Waals surface area (Å²) in [6.07, 6.45) is 2.99. The molecule has 1 aliphatic heterocycles. The van der Waals surface area contributed by atoms with Crippen molar-refractivity contribution >= 4 is 23.2 Å². The fourth-order valence-electron chi connectivity index (χ4n) is 2.95. The van der Waals surface area contributed by atoms with Crippen LogP contribution in [0.2, 0.25) is 0 Å². The monoisotopic (exact) mass is 334 g/mol. The van der Waals surface area contributed by atoms with Crippen LogP contribution >= 0.6 is 0 Å². The zero-order valence-corrected chi connectivity index (χ0v) is 13.7. The van der Waals surface area contributed by atoms with E-state index in [9.17, 15) is 19.7 Å². The highest BCUT2D eigenvalue weighted by atomic mass is 16.6. The highest BCUT2D eigenvalue weighted by molar-refractivity contribution is 5.99. The Labute approximate surface area is 140 Å². The lowest BCUT2D eigenvalue weighted by molar-refractivity contribution is -0.384. The number of carbonyl (C=O) groups is 2. The molecule has 0 aromatic heterocycles. The zero-order chi connectivity index (χ0) is 17.7. The van der Waals surface area contributed by atoms with Gasteiger partial charge < -0.3 is 16.0 Å². The molecule has 0 bridgehead atoms. The van der Waals surface area contributed by atoms with E-state index in [4.69, 9.17) is 5.73 Å². The quantitative estimate of drug-likeness (QED) is 0.605. The lowest BCUT2D eigenvalue weighted by atomic mass is 10.0. The number of benzene rings is 1. The molecule has 8 nitrogen and oxygen atoms in total. The van der Waals surface area contributed by atoms with Crippen LogP contribution in [0.3, 0.4) is 0 Å². The number of nitrogens with zero attached hydrogens (tertiary/aromatic N) is 2. The largest absolute Gasteiger partial charge is 0.369 e. The third-order valence-corrected chi connectivity index (χ3v) is 4.06. The number of rotatable bonds is 6. The number of nitro benzene ring substituents is 1. The summed E-state index contributed by atoms with van der Waals surface area (Å²) in [5.74, 6) is -0.686. The second-order valence-electron chi connectivity index (χ2n) is 5.93. The maximum Gasteiger partial charge on any atom is 0.270 e. The minimum atomic E-state index is -0.703. The molecule has 130 valence electrons. The molecule has 3 N–H and O–H groups in total. The van der Waals surface area contributed by atoms with Crippen LogP contribution in [0.15, 0.2) is 18.2 Å². The van der Waals surface area contributed by atoms with Crippen molar-refractivity contribution < 1.29 is 14.5 Å². The van der Waals surface area contributed by atoms with Crippen molar-refractivity contribution in [1.29, 1.82) is 0 Å². The zero-order valence-electron chi connectivity index (χ0n) is 13.7. The summed E-state index contributed by atoms with van der Waals surface area (Å²) < 4.78 is 0. The Bertz CT molecular complexity index is 647. The van der Waals surface area contributed by atoms with Gasteiger partial charge in [0.15, 0.2) is 0 Å². The Balaban J connectivity index is 2.19. The van der Waals surface area contributed by atoms with Gasteiger partial charge in [-0.2, -0.15) is 0 Å². The van der Waals surface area contributed by atoms with Gasteiger partial charge in [0, 0.05) is 37.7 Å². The summed E-state index contributed by atoms with van der Waals surface area (Å²) in [5.41, 5.74) is 5.92. The molecule has 24 heavy (non-hydrogen) atoms. The Morgan fingerprint density at radius 3 is 2.83 bits per heavy atom. The van der Waals surface area contributed by atoms with E-state index >= 15 is 0 Å². The molecule has 1 heterocycles. The third-order valence-electron chi connectivity index (χ3n) is 4.06. The minimum absolute atomic E-state index is 0.00582. The number of nitrogens with one attached hydrogen (secondary N) is 1. The number of nitro groups is 1. The summed E-state index contributed by atoms with van der Waals surface area (Å²) in [6.45, 7) is 3.20. The smallest absolute Gasteiger partial charge is 0.270 e. The average molecular weight is 334 g/mol. The number of hydrogen-bond donors (Lipinski definition) is 2. The molecule has 1 aromatic rings. The van der Waals surface area contributed by atoms with E-state index in [1.807, 2.05) is 11.8 Å². The van der Waals surface area contributed by atoms with Gasteiger partial charge in [-0.3, -0.25) is 19.7 Å². The summed E-state index contributed by atoms with van der Waals surface area (Å²) in [6, 6.07) is 4.11. The Kier molecular flexibility index (Phi) is 5.73. The van der Waals surface area contributed by atoms with Crippen LogP contribution in [0.1, 0.15) is 43.0 Å². The number of carbonyl (C=O) groups excluding carboxylic acids is 2. The SMILES string of the molecule is CCCC(=O)NC1CCCN(c2ccc([N+](=O)[O-])cc2C(N)=O)C1. The highest BCUT2D eigenvalue weighted by Gasteiger charge is 2.25. The van der Waals surface area contributed by atoms with Crippen molar-refractivity contribution in [3.8, 4) is 0 Å². The van der Waals surface area contributed by atoms with Gasteiger partial charge in [-0.05, 0) is 25.3 Å². The number of anilines is 1. The molecule has 1 saturated heterocycles. The molecule has 0 radical (unpaired) electrons. The average Bonchev–Trinajstić information content (AvgIpc) is 2.54. The molecule has 2 rings (SSSR count).